The molecule has 6 nitrogen and oxygen atoms in total. The lowest BCUT2D eigenvalue weighted by atomic mass is 9.98. The van der Waals surface area contributed by atoms with Crippen molar-refractivity contribution in [3.63, 3.8) is 0 Å². The van der Waals surface area contributed by atoms with Crippen LogP contribution in [-0.4, -0.2) is 47.7 Å². The molecule has 1 aromatic heterocycles. The predicted octanol–water partition coefficient (Wildman–Crippen LogP) is 4.17. The minimum atomic E-state index is -0.363. The van der Waals surface area contributed by atoms with E-state index in [0.29, 0.717) is 18.2 Å². The molecule has 30 heavy (non-hydrogen) atoms. The molecule has 3 aromatic rings. The van der Waals surface area contributed by atoms with Gasteiger partial charge < -0.3 is 10.1 Å². The van der Waals surface area contributed by atoms with Gasteiger partial charge in [-0.1, -0.05) is 29.5 Å². The third-order valence-corrected chi connectivity index (χ3v) is 6.31. The fraction of sp³-hybridized carbons (Fsp3) is 0.318. The minimum absolute atomic E-state index is 0.131. The summed E-state index contributed by atoms with van der Waals surface area (Å²) in [4.78, 5) is 14.4. The number of para-hydroxylation sites is 1. The van der Waals surface area contributed by atoms with Crippen molar-refractivity contribution in [1.29, 1.82) is 0 Å². The fourth-order valence-electron chi connectivity index (χ4n) is 3.64. The quantitative estimate of drug-likeness (QED) is 0.641. The fourth-order valence-corrected chi connectivity index (χ4v) is 4.68. The van der Waals surface area contributed by atoms with Crippen LogP contribution in [0.25, 0.3) is 10.6 Å². The number of piperidine rings is 1. The van der Waals surface area contributed by atoms with Crippen molar-refractivity contribution in [2.75, 3.05) is 32.1 Å². The molecule has 1 fully saturated rings. The van der Waals surface area contributed by atoms with Crippen molar-refractivity contribution in [2.24, 2.45) is 0 Å². The zero-order valence-corrected chi connectivity index (χ0v) is 17.5. The third kappa shape index (κ3) is 4.83. The number of aromatic nitrogens is 2. The van der Waals surface area contributed by atoms with Crippen molar-refractivity contribution in [3.05, 3.63) is 59.4 Å². The number of ether oxygens (including phenoxy) is 1. The van der Waals surface area contributed by atoms with Gasteiger partial charge in [0.05, 0.1) is 19.2 Å². The van der Waals surface area contributed by atoms with E-state index in [9.17, 15) is 9.18 Å². The van der Waals surface area contributed by atoms with Crippen LogP contribution in [0.3, 0.4) is 0 Å². The van der Waals surface area contributed by atoms with Crippen molar-refractivity contribution in [2.45, 2.75) is 18.8 Å². The summed E-state index contributed by atoms with van der Waals surface area (Å²) in [6.45, 7) is 1.92. The van der Waals surface area contributed by atoms with E-state index in [2.05, 4.69) is 20.4 Å². The lowest BCUT2D eigenvalue weighted by Gasteiger charge is -2.30. The summed E-state index contributed by atoms with van der Waals surface area (Å²) in [7, 11) is 1.65. The molecule has 2 aromatic carbocycles. The number of nitrogens with one attached hydrogen (secondary N) is 1. The minimum Gasteiger partial charge on any atom is -0.496 e. The summed E-state index contributed by atoms with van der Waals surface area (Å²) >= 11 is 1.60. The highest BCUT2D eigenvalue weighted by Gasteiger charge is 2.25. The lowest BCUT2D eigenvalue weighted by molar-refractivity contribution is -0.117. The molecule has 2 heterocycles. The summed E-state index contributed by atoms with van der Waals surface area (Å²) < 4.78 is 18.7. The Kier molecular flexibility index (Phi) is 6.35. The molecule has 0 radical (unpaired) electrons. The van der Waals surface area contributed by atoms with Gasteiger partial charge in [-0.2, -0.15) is 0 Å². The summed E-state index contributed by atoms with van der Waals surface area (Å²) in [6.07, 6.45) is 1.85. The Morgan fingerprint density at radius 3 is 2.77 bits per heavy atom. The van der Waals surface area contributed by atoms with Gasteiger partial charge in [-0.25, -0.2) is 4.39 Å². The number of rotatable bonds is 6. The summed E-state index contributed by atoms with van der Waals surface area (Å²) in [5.41, 5.74) is 1.43. The monoisotopic (exact) mass is 426 g/mol. The molecule has 1 saturated heterocycles. The van der Waals surface area contributed by atoms with Crippen LogP contribution in [0, 0.1) is 5.82 Å². The van der Waals surface area contributed by atoms with Crippen LogP contribution in [0.15, 0.2) is 48.5 Å². The lowest BCUT2D eigenvalue weighted by Crippen LogP contribution is -2.38. The number of halogens is 1. The van der Waals surface area contributed by atoms with Crippen molar-refractivity contribution in [3.8, 4) is 16.3 Å². The standard InChI is InChI=1S/C22H23FN4O2S/c1-29-19-8-3-2-7-18(19)22-26-25-21(30-22)15-9-11-27(12-10-15)14-20(28)24-17-6-4-5-16(23)13-17/h2-8,13,15H,9-12,14H2,1H3,(H,24,28). The molecule has 0 aliphatic carbocycles. The van der Waals surface area contributed by atoms with Gasteiger partial charge in [-0.3, -0.25) is 9.69 Å². The molecule has 156 valence electrons. The molecular weight excluding hydrogens is 403 g/mol. The summed E-state index contributed by atoms with van der Waals surface area (Å²) in [6, 6.07) is 13.7. The Labute approximate surface area is 178 Å². The topological polar surface area (TPSA) is 67.4 Å². The second-order valence-corrected chi connectivity index (χ2v) is 8.26. The van der Waals surface area contributed by atoms with Gasteiger partial charge in [0.15, 0.2) is 5.01 Å². The molecule has 1 N–H and O–H groups in total. The highest BCUT2D eigenvalue weighted by molar-refractivity contribution is 7.14. The number of amides is 1. The van der Waals surface area contributed by atoms with Gasteiger partial charge in [0.1, 0.15) is 16.6 Å². The molecule has 8 heteroatoms. The van der Waals surface area contributed by atoms with Crippen molar-refractivity contribution < 1.29 is 13.9 Å². The first-order valence-electron chi connectivity index (χ1n) is 9.87. The number of nitrogens with zero attached hydrogens (tertiary/aromatic N) is 3. The Morgan fingerprint density at radius 2 is 2.00 bits per heavy atom. The maximum atomic E-state index is 13.3. The number of hydrogen-bond donors (Lipinski definition) is 1. The van der Waals surface area contributed by atoms with Gasteiger partial charge in [0.25, 0.3) is 0 Å². The van der Waals surface area contributed by atoms with Crippen LogP contribution in [0.1, 0.15) is 23.8 Å². The number of carbonyl (C=O) groups is 1. The molecule has 0 unspecified atom stereocenters. The number of hydrogen-bond acceptors (Lipinski definition) is 6. The van der Waals surface area contributed by atoms with Crippen LogP contribution in [0.5, 0.6) is 5.75 Å². The zero-order chi connectivity index (χ0) is 20.9. The number of benzene rings is 2. The van der Waals surface area contributed by atoms with Crippen LogP contribution < -0.4 is 10.1 Å². The third-order valence-electron chi connectivity index (χ3n) is 5.19. The van der Waals surface area contributed by atoms with Gasteiger partial charge in [-0.15, -0.1) is 10.2 Å². The maximum absolute atomic E-state index is 13.3. The number of methoxy groups -OCH3 is 1. The van der Waals surface area contributed by atoms with E-state index in [1.807, 2.05) is 24.3 Å². The van der Waals surface area contributed by atoms with Gasteiger partial charge in [0.2, 0.25) is 5.91 Å². The van der Waals surface area contributed by atoms with E-state index in [4.69, 9.17) is 4.74 Å². The van der Waals surface area contributed by atoms with Gasteiger partial charge >= 0.3 is 0 Å². The Morgan fingerprint density at radius 1 is 1.20 bits per heavy atom. The molecular formula is C22H23FN4O2S. The van der Waals surface area contributed by atoms with E-state index in [1.165, 1.54) is 12.1 Å². The normalized spacial score (nSPS) is 15.1. The van der Waals surface area contributed by atoms with E-state index in [1.54, 1.807) is 30.6 Å². The second kappa shape index (κ2) is 9.32. The first-order valence-corrected chi connectivity index (χ1v) is 10.7. The average Bonchev–Trinajstić information content (AvgIpc) is 3.24. The summed E-state index contributed by atoms with van der Waals surface area (Å²) in [5, 5.41) is 13.4. The first-order chi connectivity index (χ1) is 14.6. The smallest absolute Gasteiger partial charge is 0.238 e. The van der Waals surface area contributed by atoms with E-state index in [-0.39, 0.29) is 11.7 Å². The highest BCUT2D eigenvalue weighted by Crippen LogP contribution is 2.36. The molecule has 0 atom stereocenters. The van der Waals surface area contributed by atoms with Crippen molar-refractivity contribution in [1.82, 2.24) is 15.1 Å². The number of carbonyl (C=O) groups excluding carboxylic acids is 1. The SMILES string of the molecule is COc1ccccc1-c1nnc(C2CCN(CC(=O)Nc3cccc(F)c3)CC2)s1. The Hall–Kier alpha value is -2.84. The zero-order valence-electron chi connectivity index (χ0n) is 16.7. The molecule has 0 spiro atoms. The molecule has 0 saturated carbocycles. The van der Waals surface area contributed by atoms with Crippen LogP contribution in [-0.2, 0) is 4.79 Å². The molecule has 1 aliphatic rings. The summed E-state index contributed by atoms with van der Waals surface area (Å²) in [5.74, 6) is 0.638. The van der Waals surface area contributed by atoms with Gasteiger partial charge in [0, 0.05) is 11.6 Å². The predicted molar refractivity (Wildman–Crippen MR) is 115 cm³/mol. The molecule has 1 amide bonds. The molecule has 4 rings (SSSR count). The first kappa shape index (κ1) is 20.4. The van der Waals surface area contributed by atoms with E-state index < -0.39 is 0 Å². The van der Waals surface area contributed by atoms with Crippen molar-refractivity contribution >= 4 is 22.9 Å². The number of anilines is 1. The van der Waals surface area contributed by atoms with Crippen LogP contribution in [0.4, 0.5) is 10.1 Å². The largest absolute Gasteiger partial charge is 0.496 e. The highest BCUT2D eigenvalue weighted by atomic mass is 32.1. The van der Waals surface area contributed by atoms with E-state index >= 15 is 0 Å². The Bertz CT molecular complexity index is 1020. The average molecular weight is 427 g/mol. The van der Waals surface area contributed by atoms with Crippen LogP contribution in [0.2, 0.25) is 0 Å². The molecule has 1 aliphatic heterocycles. The Balaban J connectivity index is 1.32. The van der Waals surface area contributed by atoms with E-state index in [0.717, 1.165) is 47.3 Å². The van der Waals surface area contributed by atoms with Crippen LogP contribution >= 0.6 is 11.3 Å². The second-order valence-electron chi connectivity index (χ2n) is 7.25. The maximum Gasteiger partial charge on any atom is 0.238 e. The number of likely N-dealkylation sites (tertiary alicyclic amines) is 1. The van der Waals surface area contributed by atoms with Gasteiger partial charge in [-0.05, 0) is 56.3 Å². The molecule has 0 bridgehead atoms.